The lowest BCUT2D eigenvalue weighted by Gasteiger charge is -2.27. The van der Waals surface area contributed by atoms with E-state index < -0.39 is 0 Å². The lowest BCUT2D eigenvalue weighted by Crippen LogP contribution is -2.30. The first-order valence-corrected chi connectivity index (χ1v) is 9.13. The number of anilines is 1. The smallest absolute Gasteiger partial charge is 0.161 e. The van der Waals surface area contributed by atoms with Crippen molar-refractivity contribution in [3.05, 3.63) is 51.7 Å². The molecular weight excluding hydrogens is 318 g/mol. The topological polar surface area (TPSA) is 56.1 Å². The van der Waals surface area contributed by atoms with Crippen LogP contribution >= 0.6 is 11.3 Å². The molecule has 1 atom stereocenters. The molecule has 5 heteroatoms. The van der Waals surface area contributed by atoms with E-state index >= 15 is 0 Å². The van der Waals surface area contributed by atoms with Gasteiger partial charge in [0.25, 0.3) is 0 Å². The number of nitrogens with zero attached hydrogens (tertiary/aromatic N) is 2. The van der Waals surface area contributed by atoms with E-state index in [1.54, 1.807) is 36.5 Å². The van der Waals surface area contributed by atoms with E-state index in [0.717, 1.165) is 25.3 Å². The molecule has 1 aromatic heterocycles. The SMILES string of the molecule is CC(=O)c1ccc(C#N)cc1NCC(c1cccs1)N1CCCC1. The van der Waals surface area contributed by atoms with Crippen molar-refractivity contribution in [2.45, 2.75) is 25.8 Å². The third-order valence-electron chi connectivity index (χ3n) is 4.47. The molecule has 2 heterocycles. The Morgan fingerprint density at radius 2 is 2.17 bits per heavy atom. The predicted octanol–water partition coefficient (Wildman–Crippen LogP) is 4.07. The number of rotatable bonds is 6. The maximum absolute atomic E-state index is 11.9. The van der Waals surface area contributed by atoms with Crippen LogP contribution in [0.15, 0.2) is 35.7 Å². The van der Waals surface area contributed by atoms with Crippen LogP contribution in [0.25, 0.3) is 0 Å². The minimum atomic E-state index is 0.0100. The van der Waals surface area contributed by atoms with Gasteiger partial charge < -0.3 is 5.32 Å². The Labute approximate surface area is 146 Å². The van der Waals surface area contributed by atoms with Crippen molar-refractivity contribution >= 4 is 22.8 Å². The average Bonchev–Trinajstić information content (AvgIpc) is 3.29. The highest BCUT2D eigenvalue weighted by Gasteiger charge is 2.24. The van der Waals surface area contributed by atoms with Gasteiger partial charge in [0.2, 0.25) is 0 Å². The van der Waals surface area contributed by atoms with Crippen LogP contribution in [0, 0.1) is 11.3 Å². The van der Waals surface area contributed by atoms with Gasteiger partial charge in [-0.1, -0.05) is 6.07 Å². The highest BCUT2D eigenvalue weighted by Crippen LogP contribution is 2.29. The van der Waals surface area contributed by atoms with Gasteiger partial charge in [0.05, 0.1) is 17.7 Å². The number of Topliss-reactive ketones (excluding diaryl/α,β-unsaturated/α-hetero) is 1. The van der Waals surface area contributed by atoms with Crippen LogP contribution in [-0.4, -0.2) is 30.3 Å². The summed E-state index contributed by atoms with van der Waals surface area (Å²) in [6.45, 7) is 4.52. The van der Waals surface area contributed by atoms with Gasteiger partial charge in [0.1, 0.15) is 0 Å². The number of hydrogen-bond donors (Lipinski definition) is 1. The van der Waals surface area contributed by atoms with E-state index in [1.807, 2.05) is 0 Å². The molecule has 1 N–H and O–H groups in total. The number of benzene rings is 1. The Balaban J connectivity index is 1.82. The Hall–Kier alpha value is -2.16. The van der Waals surface area contributed by atoms with E-state index in [-0.39, 0.29) is 5.78 Å². The van der Waals surface area contributed by atoms with Crippen LogP contribution in [-0.2, 0) is 0 Å². The van der Waals surface area contributed by atoms with Crippen molar-refractivity contribution in [1.29, 1.82) is 5.26 Å². The third-order valence-corrected chi connectivity index (χ3v) is 5.44. The van der Waals surface area contributed by atoms with Gasteiger partial charge in [0, 0.05) is 22.7 Å². The molecule has 0 amide bonds. The second-order valence-corrected chi connectivity index (χ2v) is 7.06. The van der Waals surface area contributed by atoms with Crippen molar-refractivity contribution in [3.8, 4) is 6.07 Å². The number of thiophene rings is 1. The predicted molar refractivity (Wildman–Crippen MR) is 97.5 cm³/mol. The highest BCUT2D eigenvalue weighted by atomic mass is 32.1. The Morgan fingerprint density at radius 1 is 1.38 bits per heavy atom. The lowest BCUT2D eigenvalue weighted by atomic mass is 10.1. The zero-order valence-corrected chi connectivity index (χ0v) is 14.6. The van der Waals surface area contributed by atoms with Crippen molar-refractivity contribution in [1.82, 2.24) is 4.90 Å². The molecule has 1 aliphatic rings. The van der Waals surface area contributed by atoms with Crippen LogP contribution < -0.4 is 5.32 Å². The summed E-state index contributed by atoms with van der Waals surface area (Å²) in [6, 6.07) is 11.9. The summed E-state index contributed by atoms with van der Waals surface area (Å²) >= 11 is 1.77. The fourth-order valence-corrected chi connectivity index (χ4v) is 4.08. The minimum Gasteiger partial charge on any atom is -0.382 e. The van der Waals surface area contributed by atoms with Gasteiger partial charge >= 0.3 is 0 Å². The first-order valence-electron chi connectivity index (χ1n) is 8.25. The summed E-state index contributed by atoms with van der Waals surface area (Å²) in [5, 5.41) is 14.7. The van der Waals surface area contributed by atoms with E-state index in [0.29, 0.717) is 17.2 Å². The summed E-state index contributed by atoms with van der Waals surface area (Å²) in [5.41, 5.74) is 1.96. The summed E-state index contributed by atoms with van der Waals surface area (Å²) in [7, 11) is 0. The van der Waals surface area contributed by atoms with Crippen molar-refractivity contribution in [3.63, 3.8) is 0 Å². The molecule has 0 radical (unpaired) electrons. The Morgan fingerprint density at radius 3 is 2.79 bits per heavy atom. The second kappa shape index (κ2) is 7.61. The molecule has 0 aliphatic carbocycles. The molecule has 1 aromatic carbocycles. The molecule has 1 fully saturated rings. The zero-order valence-electron chi connectivity index (χ0n) is 13.8. The van der Waals surface area contributed by atoms with E-state index in [1.165, 1.54) is 17.7 Å². The quantitative estimate of drug-likeness (QED) is 0.806. The zero-order chi connectivity index (χ0) is 16.9. The van der Waals surface area contributed by atoms with Gasteiger partial charge in [-0.3, -0.25) is 9.69 Å². The van der Waals surface area contributed by atoms with Crippen molar-refractivity contribution < 1.29 is 4.79 Å². The highest BCUT2D eigenvalue weighted by molar-refractivity contribution is 7.10. The summed E-state index contributed by atoms with van der Waals surface area (Å²) < 4.78 is 0. The number of nitrogens with one attached hydrogen (secondary N) is 1. The lowest BCUT2D eigenvalue weighted by molar-refractivity contribution is 0.101. The molecule has 24 heavy (non-hydrogen) atoms. The van der Waals surface area contributed by atoms with Gasteiger partial charge in [-0.05, 0) is 62.5 Å². The van der Waals surface area contributed by atoms with E-state index in [4.69, 9.17) is 5.26 Å². The maximum atomic E-state index is 11.9. The molecule has 124 valence electrons. The number of hydrogen-bond acceptors (Lipinski definition) is 5. The summed E-state index contributed by atoms with van der Waals surface area (Å²) in [6.07, 6.45) is 2.48. The molecule has 0 bridgehead atoms. The molecule has 0 spiro atoms. The van der Waals surface area contributed by atoms with E-state index in [2.05, 4.69) is 33.8 Å². The van der Waals surface area contributed by atoms with Crippen LogP contribution in [0.4, 0.5) is 5.69 Å². The van der Waals surface area contributed by atoms with E-state index in [9.17, 15) is 4.79 Å². The monoisotopic (exact) mass is 339 g/mol. The van der Waals surface area contributed by atoms with Crippen LogP contribution in [0.1, 0.15) is 46.6 Å². The number of ketones is 1. The van der Waals surface area contributed by atoms with Crippen molar-refractivity contribution in [2.24, 2.45) is 0 Å². The van der Waals surface area contributed by atoms with Crippen molar-refractivity contribution in [2.75, 3.05) is 25.0 Å². The fourth-order valence-electron chi connectivity index (χ4n) is 3.22. The largest absolute Gasteiger partial charge is 0.382 e. The summed E-state index contributed by atoms with van der Waals surface area (Å²) in [4.78, 5) is 15.7. The van der Waals surface area contributed by atoms with Crippen LogP contribution in [0.2, 0.25) is 0 Å². The molecule has 1 unspecified atom stereocenters. The average molecular weight is 339 g/mol. The first kappa shape index (κ1) is 16.7. The number of likely N-dealkylation sites (tertiary alicyclic amines) is 1. The molecule has 1 saturated heterocycles. The second-order valence-electron chi connectivity index (χ2n) is 6.08. The van der Waals surface area contributed by atoms with Gasteiger partial charge in [0.15, 0.2) is 5.78 Å². The summed E-state index contributed by atoms with van der Waals surface area (Å²) in [5.74, 6) is 0.0100. The maximum Gasteiger partial charge on any atom is 0.161 e. The number of nitriles is 1. The third kappa shape index (κ3) is 3.66. The standard InChI is InChI=1S/C19H21N3OS/c1-14(23)16-7-6-15(12-20)11-17(16)21-13-18(19-5-4-10-24-19)22-8-2-3-9-22/h4-7,10-11,18,21H,2-3,8-9,13H2,1H3. The molecule has 2 aromatic rings. The fraction of sp³-hybridized carbons (Fsp3) is 0.368. The Kier molecular flexibility index (Phi) is 5.29. The molecule has 4 nitrogen and oxygen atoms in total. The molecule has 1 aliphatic heterocycles. The van der Waals surface area contributed by atoms with Crippen LogP contribution in [0.3, 0.4) is 0 Å². The van der Waals surface area contributed by atoms with Crippen LogP contribution in [0.5, 0.6) is 0 Å². The normalized spacial score (nSPS) is 15.8. The minimum absolute atomic E-state index is 0.0100. The number of carbonyl (C=O) groups is 1. The number of carbonyl (C=O) groups excluding carboxylic acids is 1. The molecular formula is C19H21N3OS. The van der Waals surface area contributed by atoms with Gasteiger partial charge in [-0.15, -0.1) is 11.3 Å². The molecule has 0 saturated carbocycles. The Bertz CT molecular complexity index is 742. The van der Waals surface area contributed by atoms with Gasteiger partial charge in [-0.25, -0.2) is 0 Å². The van der Waals surface area contributed by atoms with Gasteiger partial charge in [-0.2, -0.15) is 5.26 Å². The first-order chi connectivity index (χ1) is 11.7. The molecule has 3 rings (SSSR count).